The summed E-state index contributed by atoms with van der Waals surface area (Å²) in [4.78, 5) is 15.7. The number of nitro groups is 1. The third-order valence-corrected chi connectivity index (χ3v) is 5.27. The molecule has 132 valence electrons. The molecule has 0 spiro atoms. The van der Waals surface area contributed by atoms with E-state index in [1.54, 1.807) is 19.2 Å². The van der Waals surface area contributed by atoms with Crippen LogP contribution in [0.1, 0.15) is 37.7 Å². The summed E-state index contributed by atoms with van der Waals surface area (Å²) in [5.74, 6) is 0. The van der Waals surface area contributed by atoms with Crippen molar-refractivity contribution in [1.29, 1.82) is 0 Å². The first-order valence-corrected chi connectivity index (χ1v) is 8.94. The molecule has 0 radical (unpaired) electrons. The second kappa shape index (κ2) is 7.94. The van der Waals surface area contributed by atoms with Gasteiger partial charge in [-0.25, -0.2) is 0 Å². The lowest BCUT2D eigenvalue weighted by Gasteiger charge is -2.27. The fourth-order valence-corrected chi connectivity index (χ4v) is 4.06. The lowest BCUT2D eigenvalue weighted by Crippen LogP contribution is -2.34. The number of rotatable bonds is 5. The summed E-state index contributed by atoms with van der Waals surface area (Å²) in [6.07, 6.45) is 6.26. The van der Waals surface area contributed by atoms with Crippen LogP contribution in [-0.4, -0.2) is 49.2 Å². The van der Waals surface area contributed by atoms with E-state index in [1.165, 1.54) is 45.2 Å². The van der Waals surface area contributed by atoms with Crippen LogP contribution in [0.2, 0.25) is 0 Å². The Balaban J connectivity index is 1.74. The van der Waals surface area contributed by atoms with E-state index in [4.69, 9.17) is 4.74 Å². The minimum Gasteiger partial charge on any atom is -0.380 e. The molecular formula is C18H27N3O3. The zero-order valence-corrected chi connectivity index (χ0v) is 14.4. The van der Waals surface area contributed by atoms with Crippen LogP contribution in [0.15, 0.2) is 18.2 Å². The Kier molecular flexibility index (Phi) is 5.68. The third-order valence-electron chi connectivity index (χ3n) is 5.27. The van der Waals surface area contributed by atoms with Crippen molar-refractivity contribution in [1.82, 2.24) is 4.90 Å². The Morgan fingerprint density at radius 1 is 1.17 bits per heavy atom. The maximum absolute atomic E-state index is 11.0. The van der Waals surface area contributed by atoms with Crippen molar-refractivity contribution in [3.05, 3.63) is 33.9 Å². The van der Waals surface area contributed by atoms with Gasteiger partial charge in [-0.2, -0.15) is 0 Å². The molecular weight excluding hydrogens is 306 g/mol. The zero-order valence-electron chi connectivity index (χ0n) is 14.4. The fourth-order valence-electron chi connectivity index (χ4n) is 4.06. The molecule has 2 aliphatic rings. The highest BCUT2D eigenvalue weighted by Crippen LogP contribution is 2.29. The second-order valence-electron chi connectivity index (χ2n) is 6.82. The number of ether oxygens (including phenoxy) is 1. The van der Waals surface area contributed by atoms with Gasteiger partial charge in [-0.1, -0.05) is 0 Å². The predicted octanol–water partition coefficient (Wildman–Crippen LogP) is 3.20. The average molecular weight is 333 g/mol. The largest absolute Gasteiger partial charge is 0.380 e. The minimum absolute atomic E-state index is 0.135. The van der Waals surface area contributed by atoms with Crippen molar-refractivity contribution in [2.24, 2.45) is 0 Å². The zero-order chi connectivity index (χ0) is 16.9. The van der Waals surface area contributed by atoms with Gasteiger partial charge >= 0.3 is 0 Å². The van der Waals surface area contributed by atoms with Crippen LogP contribution in [0, 0.1) is 10.1 Å². The van der Waals surface area contributed by atoms with Crippen molar-refractivity contribution in [3.63, 3.8) is 0 Å². The smallest absolute Gasteiger partial charge is 0.269 e. The summed E-state index contributed by atoms with van der Waals surface area (Å²) in [5, 5.41) is 11.0. The van der Waals surface area contributed by atoms with Gasteiger partial charge < -0.3 is 14.5 Å². The maximum atomic E-state index is 11.0. The monoisotopic (exact) mass is 333 g/mol. The Morgan fingerprint density at radius 3 is 2.67 bits per heavy atom. The van der Waals surface area contributed by atoms with Gasteiger partial charge in [0.15, 0.2) is 0 Å². The average Bonchev–Trinajstić information content (AvgIpc) is 3.00. The molecule has 0 bridgehead atoms. The van der Waals surface area contributed by atoms with Gasteiger partial charge in [0.25, 0.3) is 5.69 Å². The molecule has 0 saturated carbocycles. The summed E-state index contributed by atoms with van der Waals surface area (Å²) in [7, 11) is 1.63. The first kappa shape index (κ1) is 17.2. The van der Waals surface area contributed by atoms with E-state index >= 15 is 0 Å². The van der Waals surface area contributed by atoms with Crippen LogP contribution < -0.4 is 4.90 Å². The molecule has 0 aliphatic carbocycles. The summed E-state index contributed by atoms with van der Waals surface area (Å²) in [5.41, 5.74) is 2.13. The highest BCUT2D eigenvalue weighted by molar-refractivity contribution is 5.58. The van der Waals surface area contributed by atoms with Crippen LogP contribution in [-0.2, 0) is 11.3 Å². The number of hydrogen-bond acceptors (Lipinski definition) is 5. The number of anilines is 1. The van der Waals surface area contributed by atoms with Crippen LogP contribution >= 0.6 is 0 Å². The summed E-state index contributed by atoms with van der Waals surface area (Å²) >= 11 is 0. The maximum Gasteiger partial charge on any atom is 0.269 e. The molecule has 1 aromatic carbocycles. The van der Waals surface area contributed by atoms with E-state index in [9.17, 15) is 10.1 Å². The highest BCUT2D eigenvalue weighted by Gasteiger charge is 2.25. The first-order valence-electron chi connectivity index (χ1n) is 8.94. The van der Waals surface area contributed by atoms with Crippen LogP contribution in [0.25, 0.3) is 0 Å². The Hall–Kier alpha value is -1.66. The lowest BCUT2D eigenvalue weighted by atomic mass is 10.1. The Labute approximate surface area is 143 Å². The number of methoxy groups -OCH3 is 1. The molecule has 1 atom stereocenters. The van der Waals surface area contributed by atoms with Crippen molar-refractivity contribution < 1.29 is 9.66 Å². The third kappa shape index (κ3) is 3.87. The van der Waals surface area contributed by atoms with Gasteiger partial charge in [-0.15, -0.1) is 0 Å². The van der Waals surface area contributed by atoms with Crippen LogP contribution in [0.5, 0.6) is 0 Å². The molecule has 6 heteroatoms. The van der Waals surface area contributed by atoms with E-state index in [-0.39, 0.29) is 10.6 Å². The summed E-state index contributed by atoms with van der Waals surface area (Å²) in [6, 6.07) is 5.85. The second-order valence-corrected chi connectivity index (χ2v) is 6.82. The van der Waals surface area contributed by atoms with E-state index < -0.39 is 0 Å². The number of likely N-dealkylation sites (tertiary alicyclic amines) is 1. The molecule has 3 rings (SSSR count). The van der Waals surface area contributed by atoms with Gasteiger partial charge in [0.2, 0.25) is 0 Å². The Bertz CT molecular complexity index is 573. The first-order chi connectivity index (χ1) is 11.7. The number of non-ortho nitro benzene ring substituents is 1. The van der Waals surface area contributed by atoms with Gasteiger partial charge in [0, 0.05) is 49.6 Å². The quantitative estimate of drug-likeness (QED) is 0.612. The highest BCUT2D eigenvalue weighted by atomic mass is 16.6. The molecule has 1 unspecified atom stereocenters. The number of nitrogens with zero attached hydrogens (tertiary/aromatic N) is 3. The molecule has 2 heterocycles. The molecule has 0 N–H and O–H groups in total. The number of benzene rings is 1. The van der Waals surface area contributed by atoms with E-state index in [0.717, 1.165) is 24.3 Å². The topological polar surface area (TPSA) is 58.9 Å². The van der Waals surface area contributed by atoms with Crippen LogP contribution in [0.3, 0.4) is 0 Å². The number of nitro benzene ring substituents is 1. The van der Waals surface area contributed by atoms with Gasteiger partial charge in [-0.3, -0.25) is 10.1 Å². The predicted molar refractivity (Wildman–Crippen MR) is 94.5 cm³/mol. The summed E-state index contributed by atoms with van der Waals surface area (Å²) < 4.78 is 5.27. The molecule has 2 fully saturated rings. The fraction of sp³-hybridized carbons (Fsp3) is 0.667. The number of hydrogen-bond donors (Lipinski definition) is 0. The van der Waals surface area contributed by atoms with Crippen LogP contribution in [0.4, 0.5) is 11.4 Å². The van der Waals surface area contributed by atoms with Gasteiger partial charge in [0.1, 0.15) is 0 Å². The standard InChI is InChI=1S/C18H27N3O3/c1-24-14-15-13-17(21(22)23)6-7-18(15)20-11-4-5-16(8-12-20)19-9-2-3-10-19/h6-7,13,16H,2-5,8-12,14H2,1H3. The van der Waals surface area contributed by atoms with E-state index in [2.05, 4.69) is 9.80 Å². The molecule has 2 aliphatic heterocycles. The molecule has 0 aromatic heterocycles. The van der Waals surface area contributed by atoms with Crippen molar-refractivity contribution in [3.8, 4) is 0 Å². The minimum atomic E-state index is -0.339. The van der Waals surface area contributed by atoms with Crippen molar-refractivity contribution >= 4 is 11.4 Å². The molecule has 2 saturated heterocycles. The van der Waals surface area contributed by atoms with Gasteiger partial charge in [0.05, 0.1) is 11.5 Å². The van der Waals surface area contributed by atoms with Crippen molar-refractivity contribution in [2.75, 3.05) is 38.2 Å². The van der Waals surface area contributed by atoms with Gasteiger partial charge in [-0.05, 0) is 51.3 Å². The van der Waals surface area contributed by atoms with E-state index in [0.29, 0.717) is 12.6 Å². The molecule has 24 heavy (non-hydrogen) atoms. The SMILES string of the molecule is COCc1cc([N+](=O)[O-])ccc1N1CCCC(N2CCCC2)CC1. The molecule has 6 nitrogen and oxygen atoms in total. The molecule has 1 aromatic rings. The normalized spacial score (nSPS) is 22.5. The van der Waals surface area contributed by atoms with E-state index in [1.807, 2.05) is 6.07 Å². The molecule has 0 amide bonds. The Morgan fingerprint density at radius 2 is 1.96 bits per heavy atom. The van der Waals surface area contributed by atoms with Crippen molar-refractivity contribution in [2.45, 2.75) is 44.8 Å². The summed E-state index contributed by atoms with van der Waals surface area (Å²) in [6.45, 7) is 4.92. The lowest BCUT2D eigenvalue weighted by molar-refractivity contribution is -0.384.